The maximum absolute atomic E-state index is 13.3. The van der Waals surface area contributed by atoms with Gasteiger partial charge >= 0.3 is 6.03 Å². The van der Waals surface area contributed by atoms with Gasteiger partial charge in [-0.25, -0.2) is 4.79 Å². The second kappa shape index (κ2) is 8.89. The highest BCUT2D eigenvalue weighted by atomic mass is 16.5. The largest absolute Gasteiger partial charge is 0.378 e. The van der Waals surface area contributed by atoms with E-state index in [4.69, 9.17) is 9.72 Å². The van der Waals surface area contributed by atoms with Crippen LogP contribution in [-0.2, 0) is 4.74 Å². The van der Waals surface area contributed by atoms with Crippen LogP contribution in [0.15, 0.2) is 30.6 Å². The third kappa shape index (κ3) is 3.68. The van der Waals surface area contributed by atoms with Crippen LogP contribution in [0.4, 0.5) is 4.79 Å². The first-order valence-corrected chi connectivity index (χ1v) is 15.7. The number of aryl methyl sites for hydroxylation is 1. The van der Waals surface area contributed by atoms with Crippen LogP contribution in [0.5, 0.6) is 0 Å². The molecule has 7 rings (SSSR count). The number of hydrogen-bond acceptors (Lipinski definition) is 4. The number of allylic oxidation sites excluding steroid dienone is 3. The lowest BCUT2D eigenvalue weighted by Crippen LogP contribution is -2.66. The normalized spacial score (nSPS) is 39.7. The van der Waals surface area contributed by atoms with Crippen LogP contribution in [0.25, 0.3) is 22.7 Å². The molecule has 2 amide bonds. The SMILES string of the molecule is Cc1c2c(cc3nccnc13)C1=CC[C@@]3(C)[C@@H]4C[C@](C)(NC(=O)N5CCOCC5)CC[C@]4(C)CC[C@]3(C)[C@]1(C)C=C2. The number of carbonyl (C=O) groups is 1. The zero-order valence-corrected chi connectivity index (χ0v) is 25.8. The molecular weight excluding hydrogens is 508 g/mol. The van der Waals surface area contributed by atoms with Gasteiger partial charge in [-0.1, -0.05) is 45.9 Å². The summed E-state index contributed by atoms with van der Waals surface area (Å²) in [5.74, 6) is 0.520. The Morgan fingerprint density at radius 3 is 2.54 bits per heavy atom. The number of nitrogens with zero attached hydrogens (tertiary/aromatic N) is 3. The van der Waals surface area contributed by atoms with E-state index >= 15 is 0 Å². The summed E-state index contributed by atoms with van der Waals surface area (Å²) in [5, 5.41) is 3.53. The molecule has 6 atom stereocenters. The Morgan fingerprint density at radius 1 is 1.02 bits per heavy atom. The zero-order chi connectivity index (χ0) is 28.8. The van der Waals surface area contributed by atoms with Gasteiger partial charge in [0.15, 0.2) is 0 Å². The van der Waals surface area contributed by atoms with E-state index in [1.165, 1.54) is 41.5 Å². The Balaban J connectivity index is 1.27. The highest BCUT2D eigenvalue weighted by Gasteiger charge is 2.67. The van der Waals surface area contributed by atoms with Crippen LogP contribution in [-0.4, -0.2) is 52.7 Å². The molecule has 6 heteroatoms. The van der Waals surface area contributed by atoms with Gasteiger partial charge < -0.3 is 15.0 Å². The van der Waals surface area contributed by atoms with Crippen molar-refractivity contribution in [1.29, 1.82) is 0 Å². The molecule has 1 aromatic carbocycles. The first-order chi connectivity index (χ1) is 19.4. The van der Waals surface area contributed by atoms with E-state index in [1.807, 2.05) is 4.90 Å². The van der Waals surface area contributed by atoms with Crippen molar-refractivity contribution in [2.45, 2.75) is 85.6 Å². The standard InChI is InChI=1S/C35H46N4O2/c1-23-24-7-9-33(4)26(25(24)21-27-29(23)37-16-15-36-27)8-10-34(5)28-22-32(3,38-30(40)39-17-19-41-20-18-39)13-11-31(28,2)12-14-35(33,34)6/h7-9,15-16,21,28H,10-14,17-20,22H2,1-6H3,(H,38,40)/t28-,31-,32-,33-,34+,35-/m1/s1. The number of hydrogen-bond donors (Lipinski definition) is 1. The van der Waals surface area contributed by atoms with E-state index in [1.54, 1.807) is 12.4 Å². The van der Waals surface area contributed by atoms with Crippen molar-refractivity contribution in [3.8, 4) is 0 Å². The van der Waals surface area contributed by atoms with Crippen molar-refractivity contribution >= 4 is 28.7 Å². The molecule has 4 aliphatic carbocycles. The molecule has 1 saturated heterocycles. The number of ether oxygens (including phenoxy) is 1. The molecule has 0 spiro atoms. The summed E-state index contributed by atoms with van der Waals surface area (Å²) < 4.78 is 5.50. The first kappa shape index (κ1) is 27.1. The molecule has 2 heterocycles. The number of urea groups is 1. The predicted molar refractivity (Wildman–Crippen MR) is 164 cm³/mol. The Labute approximate surface area is 245 Å². The Bertz CT molecular complexity index is 1490. The lowest BCUT2D eigenvalue weighted by molar-refractivity contribution is -0.171. The second-order valence-corrected chi connectivity index (χ2v) is 15.0. The van der Waals surface area contributed by atoms with E-state index in [-0.39, 0.29) is 33.2 Å². The first-order valence-electron chi connectivity index (χ1n) is 15.7. The predicted octanol–water partition coefficient (Wildman–Crippen LogP) is 7.17. The number of morpholine rings is 1. The van der Waals surface area contributed by atoms with Gasteiger partial charge in [0.2, 0.25) is 0 Å². The average Bonchev–Trinajstić information content (AvgIpc) is 2.96. The lowest BCUT2D eigenvalue weighted by Gasteiger charge is -2.71. The second-order valence-electron chi connectivity index (χ2n) is 15.0. The van der Waals surface area contributed by atoms with Crippen LogP contribution in [0, 0.1) is 34.5 Å². The molecule has 1 aliphatic heterocycles. The minimum Gasteiger partial charge on any atom is -0.378 e. The van der Waals surface area contributed by atoms with Crippen molar-refractivity contribution in [3.63, 3.8) is 0 Å². The molecule has 218 valence electrons. The summed E-state index contributed by atoms with van der Waals surface area (Å²) in [5.41, 5.74) is 7.50. The number of benzene rings is 1. The summed E-state index contributed by atoms with van der Waals surface area (Å²) in [4.78, 5) is 24.6. The summed E-state index contributed by atoms with van der Waals surface area (Å²) in [6.07, 6.45) is 17.8. The van der Waals surface area contributed by atoms with Crippen molar-refractivity contribution in [1.82, 2.24) is 20.2 Å². The fourth-order valence-electron chi connectivity index (χ4n) is 9.93. The fourth-order valence-corrected chi connectivity index (χ4v) is 9.93. The highest BCUT2D eigenvalue weighted by molar-refractivity contribution is 5.93. The maximum atomic E-state index is 13.3. The number of aromatic nitrogens is 2. The minimum atomic E-state index is -0.199. The van der Waals surface area contributed by atoms with Gasteiger partial charge in [-0.2, -0.15) is 0 Å². The number of carbonyl (C=O) groups excluding carboxylic acids is 1. The molecule has 1 aromatic heterocycles. The summed E-state index contributed by atoms with van der Waals surface area (Å²) in [6.45, 7) is 17.3. The van der Waals surface area contributed by atoms with Gasteiger partial charge in [-0.3, -0.25) is 9.97 Å². The van der Waals surface area contributed by atoms with E-state index in [9.17, 15) is 4.79 Å². The number of fused-ring (bicyclic) bond motifs is 8. The third-order valence-electron chi connectivity index (χ3n) is 13.0. The van der Waals surface area contributed by atoms with E-state index < -0.39 is 0 Å². The molecule has 3 fully saturated rings. The van der Waals surface area contributed by atoms with Gasteiger partial charge in [0.1, 0.15) is 0 Å². The highest BCUT2D eigenvalue weighted by Crippen LogP contribution is 2.75. The van der Waals surface area contributed by atoms with Gasteiger partial charge in [0.25, 0.3) is 0 Å². The third-order valence-corrected chi connectivity index (χ3v) is 13.0. The molecule has 0 unspecified atom stereocenters. The Hall–Kier alpha value is -2.73. The van der Waals surface area contributed by atoms with Gasteiger partial charge in [0.05, 0.1) is 24.2 Å². The molecule has 41 heavy (non-hydrogen) atoms. The number of amides is 2. The Morgan fingerprint density at radius 2 is 1.76 bits per heavy atom. The van der Waals surface area contributed by atoms with Crippen LogP contribution in [0.2, 0.25) is 0 Å². The smallest absolute Gasteiger partial charge is 0.317 e. The van der Waals surface area contributed by atoms with E-state index in [0.717, 1.165) is 30.3 Å². The average molecular weight is 555 g/mol. The molecule has 0 radical (unpaired) electrons. The van der Waals surface area contributed by atoms with Crippen LogP contribution in [0.1, 0.15) is 89.8 Å². The van der Waals surface area contributed by atoms with Crippen LogP contribution >= 0.6 is 0 Å². The van der Waals surface area contributed by atoms with Crippen molar-refractivity contribution in [3.05, 3.63) is 47.3 Å². The van der Waals surface area contributed by atoms with Gasteiger partial charge in [0, 0.05) is 36.4 Å². The van der Waals surface area contributed by atoms with E-state index in [2.05, 4.69) is 76.1 Å². The number of rotatable bonds is 1. The lowest BCUT2D eigenvalue weighted by atomic mass is 9.34. The molecule has 5 aliphatic rings. The Kier molecular flexibility index (Phi) is 5.88. The molecule has 0 bridgehead atoms. The summed E-state index contributed by atoms with van der Waals surface area (Å²) in [7, 11) is 0. The molecule has 2 aromatic rings. The van der Waals surface area contributed by atoms with Crippen LogP contribution < -0.4 is 5.32 Å². The van der Waals surface area contributed by atoms with E-state index in [0.29, 0.717) is 32.2 Å². The quantitative estimate of drug-likeness (QED) is 0.406. The molecule has 1 N–H and O–H groups in total. The minimum absolute atomic E-state index is 0.0818. The van der Waals surface area contributed by atoms with Crippen molar-refractivity contribution in [2.24, 2.45) is 27.6 Å². The monoisotopic (exact) mass is 554 g/mol. The van der Waals surface area contributed by atoms with Crippen LogP contribution in [0.3, 0.4) is 0 Å². The zero-order valence-electron chi connectivity index (χ0n) is 25.8. The molecule has 6 nitrogen and oxygen atoms in total. The number of nitrogens with one attached hydrogen (secondary N) is 1. The molecule has 2 saturated carbocycles. The summed E-state index contributed by atoms with van der Waals surface area (Å²) in [6, 6.07) is 2.37. The van der Waals surface area contributed by atoms with Gasteiger partial charge in [-0.05, 0) is 103 Å². The fraction of sp³-hybridized carbons (Fsp3) is 0.629. The van der Waals surface area contributed by atoms with Crippen molar-refractivity contribution < 1.29 is 9.53 Å². The van der Waals surface area contributed by atoms with Crippen molar-refractivity contribution in [2.75, 3.05) is 26.3 Å². The van der Waals surface area contributed by atoms with Gasteiger partial charge in [-0.15, -0.1) is 0 Å². The topological polar surface area (TPSA) is 67.4 Å². The maximum Gasteiger partial charge on any atom is 0.317 e. The summed E-state index contributed by atoms with van der Waals surface area (Å²) >= 11 is 0. The molecular formula is C35H46N4O2.